The molecule has 1 heterocycles. The zero-order valence-corrected chi connectivity index (χ0v) is 13.8. The quantitative estimate of drug-likeness (QED) is 0.670. The van der Waals surface area contributed by atoms with Crippen LogP contribution in [0.4, 0.5) is 0 Å². The Balaban J connectivity index is 2.00. The fraction of sp³-hybridized carbons (Fsp3) is 0.200. The Hall–Kier alpha value is -2.88. The normalized spacial score (nSPS) is 10.6. The van der Waals surface area contributed by atoms with Gasteiger partial charge in [0.25, 0.3) is 0 Å². The molecule has 24 heavy (non-hydrogen) atoms. The third kappa shape index (κ3) is 3.38. The molecule has 0 bridgehead atoms. The van der Waals surface area contributed by atoms with Crippen molar-refractivity contribution < 1.29 is 14.3 Å². The van der Waals surface area contributed by atoms with Gasteiger partial charge in [0.05, 0.1) is 24.7 Å². The number of fused-ring (bicyclic) bond motifs is 1. The third-order valence-electron chi connectivity index (χ3n) is 4.03. The molecule has 0 aliphatic rings. The molecule has 3 aromatic rings. The summed E-state index contributed by atoms with van der Waals surface area (Å²) in [5, 5.41) is 1.04. The van der Waals surface area contributed by atoms with E-state index in [1.54, 1.807) is 0 Å². The third-order valence-corrected chi connectivity index (χ3v) is 4.03. The number of para-hydroxylation sites is 2. The predicted molar refractivity (Wildman–Crippen MR) is 93.0 cm³/mol. The molecule has 122 valence electrons. The van der Waals surface area contributed by atoms with Crippen molar-refractivity contribution in [3.05, 3.63) is 71.4 Å². The molecule has 2 aromatic carbocycles. The lowest BCUT2D eigenvalue weighted by Gasteiger charge is -2.15. The van der Waals surface area contributed by atoms with Crippen LogP contribution in [0.5, 0.6) is 5.75 Å². The molecule has 1 aromatic heterocycles. The van der Waals surface area contributed by atoms with E-state index in [4.69, 9.17) is 14.5 Å². The molecule has 0 saturated heterocycles. The highest BCUT2D eigenvalue weighted by atomic mass is 16.5. The van der Waals surface area contributed by atoms with Gasteiger partial charge in [0.2, 0.25) is 0 Å². The van der Waals surface area contributed by atoms with Crippen LogP contribution in [0.3, 0.4) is 0 Å². The average molecular weight is 321 g/mol. The summed E-state index contributed by atoms with van der Waals surface area (Å²) in [6.45, 7) is 2.32. The SMILES string of the molecule is COC(=O)Cc1c(COc2ccccc2)nc2ccccc2c1C. The molecule has 4 nitrogen and oxygen atoms in total. The molecule has 0 amide bonds. The van der Waals surface area contributed by atoms with Crippen molar-refractivity contribution in [1.29, 1.82) is 0 Å². The highest BCUT2D eigenvalue weighted by molar-refractivity contribution is 5.85. The Labute approximate surface area is 141 Å². The minimum atomic E-state index is -0.281. The monoisotopic (exact) mass is 321 g/mol. The Kier molecular flexibility index (Phi) is 4.75. The largest absolute Gasteiger partial charge is 0.487 e. The van der Waals surface area contributed by atoms with Crippen LogP contribution in [0.25, 0.3) is 10.9 Å². The van der Waals surface area contributed by atoms with E-state index in [0.717, 1.165) is 33.5 Å². The van der Waals surface area contributed by atoms with Crippen LogP contribution in [-0.2, 0) is 22.6 Å². The van der Waals surface area contributed by atoms with Crippen molar-refractivity contribution in [3.8, 4) is 5.75 Å². The molecule has 0 fully saturated rings. The molecular formula is C20H19NO3. The fourth-order valence-corrected chi connectivity index (χ4v) is 2.72. The minimum Gasteiger partial charge on any atom is -0.487 e. The summed E-state index contributed by atoms with van der Waals surface area (Å²) >= 11 is 0. The maximum absolute atomic E-state index is 11.8. The Morgan fingerprint density at radius 2 is 1.75 bits per heavy atom. The van der Waals surface area contributed by atoms with E-state index in [9.17, 15) is 4.79 Å². The molecule has 0 unspecified atom stereocenters. The number of rotatable bonds is 5. The van der Waals surface area contributed by atoms with Crippen LogP contribution in [0, 0.1) is 6.92 Å². The van der Waals surface area contributed by atoms with Gasteiger partial charge in [-0.15, -0.1) is 0 Å². The standard InChI is InChI=1S/C20H19NO3/c1-14-16-10-6-7-11-18(16)21-19(17(14)12-20(22)23-2)13-24-15-8-4-3-5-9-15/h3-11H,12-13H2,1-2H3. The summed E-state index contributed by atoms with van der Waals surface area (Å²) in [5.41, 5.74) is 3.57. The van der Waals surface area contributed by atoms with Gasteiger partial charge < -0.3 is 9.47 Å². The van der Waals surface area contributed by atoms with E-state index in [-0.39, 0.29) is 12.4 Å². The highest BCUT2D eigenvalue weighted by Crippen LogP contribution is 2.24. The van der Waals surface area contributed by atoms with Gasteiger partial charge in [-0.05, 0) is 36.2 Å². The van der Waals surface area contributed by atoms with Gasteiger partial charge in [-0.3, -0.25) is 4.79 Å². The molecule has 3 rings (SSSR count). The smallest absolute Gasteiger partial charge is 0.310 e. The summed E-state index contributed by atoms with van der Waals surface area (Å²) in [6.07, 6.45) is 0.188. The molecule has 0 spiro atoms. The number of hydrogen-bond acceptors (Lipinski definition) is 4. The fourth-order valence-electron chi connectivity index (χ4n) is 2.72. The van der Waals surface area contributed by atoms with Crippen LogP contribution in [0.1, 0.15) is 16.8 Å². The lowest BCUT2D eigenvalue weighted by atomic mass is 9.99. The van der Waals surface area contributed by atoms with E-state index >= 15 is 0 Å². The lowest BCUT2D eigenvalue weighted by molar-refractivity contribution is -0.139. The van der Waals surface area contributed by atoms with Gasteiger partial charge in [-0.2, -0.15) is 0 Å². The summed E-state index contributed by atoms with van der Waals surface area (Å²) < 4.78 is 10.7. The van der Waals surface area contributed by atoms with Gasteiger partial charge in [-0.25, -0.2) is 4.98 Å². The first-order chi connectivity index (χ1) is 11.7. The number of carbonyl (C=O) groups excluding carboxylic acids is 1. The van der Waals surface area contributed by atoms with E-state index in [1.807, 2.05) is 61.5 Å². The van der Waals surface area contributed by atoms with Crippen molar-refractivity contribution in [2.75, 3.05) is 7.11 Å². The number of pyridine rings is 1. The molecule has 0 radical (unpaired) electrons. The number of esters is 1. The Morgan fingerprint density at radius 3 is 2.50 bits per heavy atom. The highest BCUT2D eigenvalue weighted by Gasteiger charge is 2.16. The van der Waals surface area contributed by atoms with Crippen LogP contribution >= 0.6 is 0 Å². The van der Waals surface area contributed by atoms with Crippen molar-refractivity contribution >= 4 is 16.9 Å². The van der Waals surface area contributed by atoms with Crippen LogP contribution in [0.15, 0.2) is 54.6 Å². The van der Waals surface area contributed by atoms with Gasteiger partial charge in [-0.1, -0.05) is 36.4 Å². The number of aromatic nitrogens is 1. The number of ether oxygens (including phenoxy) is 2. The van der Waals surface area contributed by atoms with Gasteiger partial charge in [0.15, 0.2) is 0 Å². The van der Waals surface area contributed by atoms with E-state index in [0.29, 0.717) is 6.61 Å². The second-order valence-corrected chi connectivity index (χ2v) is 5.53. The summed E-state index contributed by atoms with van der Waals surface area (Å²) in [4.78, 5) is 16.5. The summed E-state index contributed by atoms with van der Waals surface area (Å²) in [5.74, 6) is 0.491. The van der Waals surface area contributed by atoms with Crippen molar-refractivity contribution in [1.82, 2.24) is 4.98 Å². The number of benzene rings is 2. The molecule has 0 aliphatic heterocycles. The van der Waals surface area contributed by atoms with Crippen molar-refractivity contribution in [2.24, 2.45) is 0 Å². The average Bonchev–Trinajstić information content (AvgIpc) is 2.63. The van der Waals surface area contributed by atoms with Gasteiger partial charge in [0, 0.05) is 5.39 Å². The predicted octanol–water partition coefficient (Wildman–Crippen LogP) is 3.84. The van der Waals surface area contributed by atoms with Gasteiger partial charge in [0.1, 0.15) is 12.4 Å². The van der Waals surface area contributed by atoms with E-state index in [1.165, 1.54) is 7.11 Å². The van der Waals surface area contributed by atoms with Crippen molar-refractivity contribution in [3.63, 3.8) is 0 Å². The Morgan fingerprint density at radius 1 is 1.04 bits per heavy atom. The van der Waals surface area contributed by atoms with Gasteiger partial charge >= 0.3 is 5.97 Å². The molecule has 0 atom stereocenters. The Bertz CT molecular complexity index is 859. The number of carbonyl (C=O) groups is 1. The lowest BCUT2D eigenvalue weighted by Crippen LogP contribution is -2.12. The van der Waals surface area contributed by atoms with E-state index < -0.39 is 0 Å². The van der Waals surface area contributed by atoms with Crippen molar-refractivity contribution in [2.45, 2.75) is 20.0 Å². The first-order valence-corrected chi connectivity index (χ1v) is 7.81. The summed E-state index contributed by atoms with van der Waals surface area (Å²) in [7, 11) is 1.40. The number of nitrogens with zero attached hydrogens (tertiary/aromatic N) is 1. The van der Waals surface area contributed by atoms with Crippen LogP contribution < -0.4 is 4.74 Å². The zero-order valence-electron chi connectivity index (χ0n) is 13.8. The van der Waals surface area contributed by atoms with E-state index in [2.05, 4.69) is 0 Å². The molecule has 0 N–H and O–H groups in total. The number of methoxy groups -OCH3 is 1. The topological polar surface area (TPSA) is 48.4 Å². The first kappa shape index (κ1) is 16.0. The molecular weight excluding hydrogens is 302 g/mol. The molecule has 4 heteroatoms. The minimum absolute atomic E-state index is 0.188. The van der Waals surface area contributed by atoms with Crippen LogP contribution in [-0.4, -0.2) is 18.1 Å². The maximum Gasteiger partial charge on any atom is 0.310 e. The van der Waals surface area contributed by atoms with Crippen LogP contribution in [0.2, 0.25) is 0 Å². The molecule has 0 aliphatic carbocycles. The maximum atomic E-state index is 11.8. The number of aryl methyl sites for hydroxylation is 1. The second kappa shape index (κ2) is 7.13. The molecule has 0 saturated carbocycles. The second-order valence-electron chi connectivity index (χ2n) is 5.53. The number of hydrogen-bond donors (Lipinski definition) is 0. The summed E-state index contributed by atoms with van der Waals surface area (Å²) in [6, 6.07) is 17.5. The zero-order chi connectivity index (χ0) is 16.9. The first-order valence-electron chi connectivity index (χ1n) is 7.81.